The summed E-state index contributed by atoms with van der Waals surface area (Å²) in [6.45, 7) is 1.56. The molecule has 1 unspecified atom stereocenters. The van der Waals surface area contributed by atoms with Crippen molar-refractivity contribution in [3.8, 4) is 11.3 Å². The van der Waals surface area contributed by atoms with Gasteiger partial charge in [0.05, 0.1) is 36.3 Å². The van der Waals surface area contributed by atoms with Crippen LogP contribution in [-0.2, 0) is 4.74 Å². The number of aliphatic hydroxyl groups excluding tert-OH is 2. The van der Waals surface area contributed by atoms with Crippen LogP contribution in [0.3, 0.4) is 0 Å². The molecule has 0 bridgehead atoms. The quantitative estimate of drug-likeness (QED) is 0.220. The Morgan fingerprint density at radius 3 is 2.48 bits per heavy atom. The second-order valence-electron chi connectivity index (χ2n) is 11.9. The first-order chi connectivity index (χ1) is 20.2. The van der Waals surface area contributed by atoms with E-state index in [-0.39, 0.29) is 29.0 Å². The Labute approximate surface area is 244 Å². The van der Waals surface area contributed by atoms with Crippen LogP contribution < -0.4 is 0 Å². The molecule has 3 aliphatic rings. The van der Waals surface area contributed by atoms with Gasteiger partial charge in [0, 0.05) is 40.4 Å². The zero-order valence-corrected chi connectivity index (χ0v) is 24.5. The first kappa shape index (κ1) is 29.6. The number of aryl methyl sites for hydroxylation is 1. The van der Waals surface area contributed by atoms with Gasteiger partial charge in [-0.2, -0.15) is 0 Å². The van der Waals surface area contributed by atoms with Crippen LogP contribution in [0.1, 0.15) is 79.2 Å². The molecule has 3 N–H and O–H groups in total. The van der Waals surface area contributed by atoms with E-state index in [0.29, 0.717) is 18.6 Å². The molecule has 9 nitrogen and oxygen atoms in total. The van der Waals surface area contributed by atoms with Crippen LogP contribution >= 0.6 is 10.9 Å². The molecule has 3 aromatic rings. The SMILES string of the molecule is CO[C@H]1C[SH]([C@H](c2c(C)noc2C2CC2)C2(O)CCCCC2)[C@H](CO)[C@H](O)[C@@H]1n1cc(-c2cc(F)c(F)c(F)c2)nn1. The summed E-state index contributed by atoms with van der Waals surface area (Å²) >= 11 is 0. The van der Waals surface area contributed by atoms with E-state index in [9.17, 15) is 28.5 Å². The van der Waals surface area contributed by atoms with Crippen molar-refractivity contribution in [2.45, 2.75) is 92.1 Å². The van der Waals surface area contributed by atoms with Crippen LogP contribution in [0.4, 0.5) is 13.2 Å². The van der Waals surface area contributed by atoms with Gasteiger partial charge in [0.2, 0.25) is 0 Å². The second-order valence-corrected chi connectivity index (χ2v) is 14.5. The van der Waals surface area contributed by atoms with Crippen molar-refractivity contribution in [3.05, 3.63) is 52.8 Å². The lowest BCUT2D eigenvalue weighted by Crippen LogP contribution is -2.53. The summed E-state index contributed by atoms with van der Waals surface area (Å²) in [5.74, 6) is -2.77. The minimum absolute atomic E-state index is 0.00648. The van der Waals surface area contributed by atoms with Gasteiger partial charge < -0.3 is 24.6 Å². The Morgan fingerprint density at radius 1 is 1.17 bits per heavy atom. The second kappa shape index (κ2) is 11.6. The van der Waals surface area contributed by atoms with Gasteiger partial charge >= 0.3 is 0 Å². The fourth-order valence-electron chi connectivity index (χ4n) is 6.95. The number of thiol groups is 1. The van der Waals surface area contributed by atoms with Crippen LogP contribution in [0.2, 0.25) is 0 Å². The topological polar surface area (TPSA) is 127 Å². The van der Waals surface area contributed by atoms with Crippen molar-refractivity contribution in [2.24, 2.45) is 0 Å². The molecule has 6 rings (SSSR count). The summed E-state index contributed by atoms with van der Waals surface area (Å²) < 4.78 is 54.5. The summed E-state index contributed by atoms with van der Waals surface area (Å²) in [5.41, 5.74) is 0.680. The van der Waals surface area contributed by atoms with E-state index in [1.54, 1.807) is 0 Å². The third-order valence-corrected chi connectivity index (χ3v) is 12.7. The highest BCUT2D eigenvalue weighted by Crippen LogP contribution is 2.62. The molecule has 0 amide bonds. The molecule has 2 saturated carbocycles. The monoisotopic (exact) mass is 610 g/mol. The highest BCUT2D eigenvalue weighted by Gasteiger charge is 2.53. The first-order valence-corrected chi connectivity index (χ1v) is 16.2. The van der Waals surface area contributed by atoms with E-state index >= 15 is 0 Å². The normalized spacial score (nSPS) is 29.5. The van der Waals surface area contributed by atoms with Gasteiger partial charge in [0.1, 0.15) is 17.5 Å². The van der Waals surface area contributed by atoms with Crippen molar-refractivity contribution >= 4 is 10.9 Å². The zero-order chi connectivity index (χ0) is 29.8. The molecule has 3 fully saturated rings. The van der Waals surface area contributed by atoms with Crippen molar-refractivity contribution in [1.29, 1.82) is 0 Å². The summed E-state index contributed by atoms with van der Waals surface area (Å²) in [6.07, 6.45) is 5.72. The number of hydrogen-bond acceptors (Lipinski definition) is 8. The standard InChI is InChI=1S/C29H37F3N4O5S/c1-15-23(27(41-34-15)16-6-7-16)28(29(39)8-4-3-5-9-29)42-14-21(40-2)25(26(38)22(42)13-37)36-12-20(33-35-36)17-10-18(30)24(32)19(31)11-17/h10-12,16,21-22,25-26,28,37-39,42H,3-9,13-14H2,1-2H3/t21-,22+,25+,26-,28+/m0/s1. The average molecular weight is 611 g/mol. The van der Waals surface area contributed by atoms with Gasteiger partial charge in [0.25, 0.3) is 0 Å². The van der Waals surface area contributed by atoms with Crippen LogP contribution in [0.25, 0.3) is 11.3 Å². The number of ether oxygens (including phenoxy) is 1. The predicted octanol–water partition coefficient (Wildman–Crippen LogP) is 4.27. The first-order valence-electron chi connectivity index (χ1n) is 14.5. The van der Waals surface area contributed by atoms with E-state index in [4.69, 9.17) is 9.26 Å². The molecule has 42 heavy (non-hydrogen) atoms. The number of aromatic nitrogens is 4. The molecule has 0 radical (unpaired) electrons. The minimum Gasteiger partial charge on any atom is -0.395 e. The lowest BCUT2D eigenvalue weighted by Gasteiger charge is -2.53. The summed E-state index contributed by atoms with van der Waals surface area (Å²) in [7, 11) is 0.254. The molecular formula is C29H37F3N4O5S. The fraction of sp³-hybridized carbons (Fsp3) is 0.621. The molecule has 3 heterocycles. The molecule has 2 aliphatic carbocycles. The molecule has 13 heteroatoms. The average Bonchev–Trinajstić information content (AvgIpc) is 3.58. The lowest BCUT2D eigenvalue weighted by atomic mass is 9.79. The smallest absolute Gasteiger partial charge is 0.194 e. The van der Waals surface area contributed by atoms with Crippen LogP contribution in [0, 0.1) is 24.4 Å². The molecule has 1 aliphatic heterocycles. The Morgan fingerprint density at radius 2 is 1.86 bits per heavy atom. The number of aliphatic hydroxyl groups is 3. The number of rotatable bonds is 8. The van der Waals surface area contributed by atoms with Crippen molar-refractivity contribution in [1.82, 2.24) is 20.2 Å². The number of methoxy groups -OCH3 is 1. The Kier molecular flexibility index (Phi) is 8.16. The summed E-state index contributed by atoms with van der Waals surface area (Å²) in [4.78, 5) is 0. The number of halogens is 3. The van der Waals surface area contributed by atoms with Gasteiger partial charge in [-0.3, -0.25) is 0 Å². The minimum atomic E-state index is -1.57. The van der Waals surface area contributed by atoms with Crippen LogP contribution in [0.5, 0.6) is 0 Å². The predicted molar refractivity (Wildman–Crippen MR) is 150 cm³/mol. The number of benzene rings is 1. The maximum absolute atomic E-state index is 13.9. The van der Waals surface area contributed by atoms with E-state index in [1.165, 1.54) is 18.0 Å². The van der Waals surface area contributed by atoms with E-state index in [0.717, 1.165) is 61.3 Å². The maximum atomic E-state index is 13.9. The van der Waals surface area contributed by atoms with Gasteiger partial charge in [-0.15, -0.1) is 5.10 Å². The highest BCUT2D eigenvalue weighted by atomic mass is 32.2. The van der Waals surface area contributed by atoms with Crippen LogP contribution in [0.15, 0.2) is 22.9 Å². The third-order valence-electron chi connectivity index (χ3n) is 9.24. The maximum Gasteiger partial charge on any atom is 0.194 e. The van der Waals surface area contributed by atoms with Gasteiger partial charge in [0.15, 0.2) is 17.5 Å². The molecular weight excluding hydrogens is 573 g/mol. The number of hydrogen-bond donors (Lipinski definition) is 4. The Balaban J connectivity index is 1.38. The Bertz CT molecular complexity index is 1400. The zero-order valence-electron chi connectivity index (χ0n) is 23.6. The van der Waals surface area contributed by atoms with E-state index < -0.39 is 57.4 Å². The molecule has 230 valence electrons. The van der Waals surface area contributed by atoms with E-state index in [2.05, 4.69) is 15.5 Å². The summed E-state index contributed by atoms with van der Waals surface area (Å²) in [5, 5.41) is 46.3. The molecule has 0 spiro atoms. The third kappa shape index (κ3) is 5.17. The molecule has 6 atom stereocenters. The fourth-order valence-corrected chi connectivity index (χ4v) is 10.9. The van der Waals surface area contributed by atoms with Gasteiger partial charge in [-0.25, -0.2) is 28.7 Å². The highest BCUT2D eigenvalue weighted by molar-refractivity contribution is 8.18. The molecule has 1 saturated heterocycles. The lowest BCUT2D eigenvalue weighted by molar-refractivity contribution is -0.0196. The Hall–Kier alpha value is -2.45. The van der Waals surface area contributed by atoms with Crippen molar-refractivity contribution in [3.63, 3.8) is 0 Å². The van der Waals surface area contributed by atoms with Crippen molar-refractivity contribution in [2.75, 3.05) is 19.5 Å². The number of nitrogens with zero attached hydrogens (tertiary/aromatic N) is 4. The molecule has 2 aromatic heterocycles. The largest absolute Gasteiger partial charge is 0.395 e. The van der Waals surface area contributed by atoms with E-state index in [1.807, 2.05) is 6.92 Å². The van der Waals surface area contributed by atoms with Crippen molar-refractivity contribution < 1.29 is 37.8 Å². The van der Waals surface area contributed by atoms with Gasteiger partial charge in [-0.1, -0.05) is 29.6 Å². The van der Waals surface area contributed by atoms with Crippen LogP contribution in [-0.4, -0.2) is 78.0 Å². The van der Waals surface area contributed by atoms with Gasteiger partial charge in [-0.05, 0) is 44.7 Å². The molecule has 1 aromatic carbocycles. The summed E-state index contributed by atoms with van der Waals surface area (Å²) in [6, 6.07) is 0.888.